The van der Waals surface area contributed by atoms with Crippen molar-refractivity contribution in [3.8, 4) is 11.5 Å². The summed E-state index contributed by atoms with van der Waals surface area (Å²) in [6.07, 6.45) is 3.02. The molecule has 2 aromatic carbocycles. The first-order valence-corrected chi connectivity index (χ1v) is 9.83. The van der Waals surface area contributed by atoms with Gasteiger partial charge >= 0.3 is 0 Å². The Labute approximate surface area is 168 Å². The summed E-state index contributed by atoms with van der Waals surface area (Å²) >= 11 is 0. The van der Waals surface area contributed by atoms with Crippen LogP contribution in [-0.2, 0) is 6.42 Å². The molecule has 1 aliphatic carbocycles. The average molecular weight is 389 g/mol. The van der Waals surface area contributed by atoms with Crippen LogP contribution in [0.3, 0.4) is 0 Å². The first-order valence-electron chi connectivity index (χ1n) is 9.83. The zero-order valence-corrected chi connectivity index (χ0v) is 16.5. The van der Waals surface area contributed by atoms with Crippen molar-refractivity contribution in [3.05, 3.63) is 59.4 Å². The minimum Gasteiger partial charge on any atom is -0.493 e. The molecule has 0 radical (unpaired) electrons. The summed E-state index contributed by atoms with van der Waals surface area (Å²) in [5.41, 5.74) is 4.94. The molecule has 0 spiro atoms. The summed E-state index contributed by atoms with van der Waals surface area (Å²) in [6.45, 7) is 0. The van der Waals surface area contributed by atoms with Crippen LogP contribution in [0.15, 0.2) is 42.5 Å². The summed E-state index contributed by atoms with van der Waals surface area (Å²) in [5, 5.41) is 5.37. The Morgan fingerprint density at radius 1 is 1.03 bits per heavy atom. The van der Waals surface area contributed by atoms with E-state index in [1.807, 2.05) is 24.3 Å². The van der Waals surface area contributed by atoms with Gasteiger partial charge in [-0.15, -0.1) is 0 Å². The van der Waals surface area contributed by atoms with Crippen LogP contribution in [0.1, 0.15) is 40.6 Å². The molecule has 0 unspecified atom stereocenters. The number of hydrogen-bond acceptors (Lipinski definition) is 3. The second-order valence-electron chi connectivity index (χ2n) is 7.46. The zero-order chi connectivity index (χ0) is 20.0. The maximum Gasteiger partial charge on any atom is 0.268 e. The highest BCUT2D eigenvalue weighted by molar-refractivity contribution is 5.99. The van der Waals surface area contributed by atoms with Crippen molar-refractivity contribution in [2.24, 2.45) is 0 Å². The van der Waals surface area contributed by atoms with E-state index in [0.29, 0.717) is 17.2 Å². The Morgan fingerprint density at radius 2 is 1.83 bits per heavy atom. The van der Waals surface area contributed by atoms with Crippen LogP contribution in [0.25, 0.3) is 21.8 Å². The predicted molar refractivity (Wildman–Crippen MR) is 113 cm³/mol. The minimum absolute atomic E-state index is 0.0193. The van der Waals surface area contributed by atoms with Gasteiger partial charge in [0.1, 0.15) is 5.69 Å². The second kappa shape index (κ2) is 6.88. The highest BCUT2D eigenvalue weighted by Gasteiger charge is 2.26. The number of carbonyl (C=O) groups is 1. The number of hydrogen-bond donors (Lipinski definition) is 3. The third kappa shape index (κ3) is 2.92. The Hall–Kier alpha value is -3.41. The van der Waals surface area contributed by atoms with E-state index in [-0.39, 0.29) is 11.9 Å². The van der Waals surface area contributed by atoms with Gasteiger partial charge in [0, 0.05) is 33.6 Å². The minimum atomic E-state index is -0.115. The summed E-state index contributed by atoms with van der Waals surface area (Å²) in [4.78, 5) is 19.7. The number of benzene rings is 2. The zero-order valence-electron chi connectivity index (χ0n) is 16.5. The van der Waals surface area contributed by atoms with Gasteiger partial charge in [-0.3, -0.25) is 4.79 Å². The van der Waals surface area contributed by atoms with Crippen molar-refractivity contribution in [1.29, 1.82) is 0 Å². The Kier molecular flexibility index (Phi) is 4.19. The number of aromatic amines is 2. The van der Waals surface area contributed by atoms with Gasteiger partial charge < -0.3 is 24.8 Å². The topological polar surface area (TPSA) is 79.1 Å². The van der Waals surface area contributed by atoms with Gasteiger partial charge in [0.15, 0.2) is 11.5 Å². The normalized spacial score (nSPS) is 16.0. The Balaban J connectivity index is 1.45. The quantitative estimate of drug-likeness (QED) is 0.482. The molecule has 2 heterocycles. The van der Waals surface area contributed by atoms with Crippen molar-refractivity contribution in [1.82, 2.24) is 15.3 Å². The van der Waals surface area contributed by atoms with E-state index in [4.69, 9.17) is 9.47 Å². The van der Waals surface area contributed by atoms with Gasteiger partial charge in [-0.1, -0.05) is 18.2 Å². The number of amides is 1. The molecule has 0 fully saturated rings. The number of methoxy groups -OCH3 is 2. The molecule has 3 N–H and O–H groups in total. The molecule has 5 rings (SSSR count). The van der Waals surface area contributed by atoms with E-state index in [1.54, 1.807) is 14.2 Å². The molecule has 6 nitrogen and oxygen atoms in total. The fraction of sp³-hybridized carbons (Fsp3) is 0.261. The van der Waals surface area contributed by atoms with Crippen LogP contribution in [0.4, 0.5) is 0 Å². The molecule has 4 aromatic rings. The van der Waals surface area contributed by atoms with Crippen LogP contribution < -0.4 is 14.8 Å². The number of aryl methyl sites for hydroxylation is 1. The Morgan fingerprint density at radius 3 is 2.66 bits per heavy atom. The summed E-state index contributed by atoms with van der Waals surface area (Å²) in [7, 11) is 3.20. The summed E-state index contributed by atoms with van der Waals surface area (Å²) in [5.74, 6) is 1.15. The van der Waals surface area contributed by atoms with E-state index in [2.05, 4.69) is 33.5 Å². The molecule has 29 heavy (non-hydrogen) atoms. The standard InChI is InChI=1S/C23H23N3O3/c1-28-20-11-13-10-19(24-18(13)12-21(20)29-2)23(27)26-17-9-5-7-15-14-6-3-4-8-16(14)25-22(15)17/h3-4,6,8,10-12,17,24-25H,5,7,9H2,1-2H3,(H,26,27)/t17-/m0/s1. The van der Waals surface area contributed by atoms with Crippen molar-refractivity contribution >= 4 is 27.7 Å². The molecule has 0 saturated heterocycles. The van der Waals surface area contributed by atoms with E-state index in [1.165, 1.54) is 10.9 Å². The van der Waals surface area contributed by atoms with Crippen molar-refractivity contribution < 1.29 is 14.3 Å². The third-order valence-electron chi connectivity index (χ3n) is 5.79. The SMILES string of the molecule is COc1cc2cc(C(=O)N[C@H]3CCCc4c3[nH]c3ccccc43)[nH]c2cc1OC. The average Bonchev–Trinajstić information content (AvgIpc) is 3.34. The van der Waals surface area contributed by atoms with Gasteiger partial charge in [-0.25, -0.2) is 0 Å². The molecule has 2 aromatic heterocycles. The number of rotatable bonds is 4. The Bertz CT molecular complexity index is 1180. The predicted octanol–water partition coefficient (Wildman–Crippen LogP) is 4.47. The first kappa shape index (κ1) is 17.7. The van der Waals surface area contributed by atoms with Crippen LogP contribution in [-0.4, -0.2) is 30.1 Å². The fourth-order valence-electron chi connectivity index (χ4n) is 4.38. The fourth-order valence-corrected chi connectivity index (χ4v) is 4.38. The monoisotopic (exact) mass is 389 g/mol. The van der Waals surface area contributed by atoms with E-state index >= 15 is 0 Å². The lowest BCUT2D eigenvalue weighted by Gasteiger charge is -2.23. The number of ether oxygens (including phenoxy) is 2. The molecular formula is C23H23N3O3. The number of fused-ring (bicyclic) bond motifs is 4. The summed E-state index contributed by atoms with van der Waals surface area (Å²) in [6, 6.07) is 13.9. The number of nitrogens with one attached hydrogen (secondary N) is 3. The molecule has 6 heteroatoms. The third-order valence-corrected chi connectivity index (χ3v) is 5.79. The molecule has 0 saturated carbocycles. The van der Waals surface area contributed by atoms with Gasteiger partial charge in [-0.2, -0.15) is 0 Å². The van der Waals surface area contributed by atoms with E-state index < -0.39 is 0 Å². The lowest BCUT2D eigenvalue weighted by atomic mass is 9.91. The lowest BCUT2D eigenvalue weighted by Crippen LogP contribution is -2.31. The van der Waals surface area contributed by atoms with Gasteiger partial charge in [0.05, 0.1) is 20.3 Å². The van der Waals surface area contributed by atoms with Crippen LogP contribution >= 0.6 is 0 Å². The lowest BCUT2D eigenvalue weighted by molar-refractivity contribution is 0.0927. The summed E-state index contributed by atoms with van der Waals surface area (Å²) < 4.78 is 10.7. The molecule has 1 aliphatic rings. The second-order valence-corrected chi connectivity index (χ2v) is 7.46. The maximum absolute atomic E-state index is 13.0. The van der Waals surface area contributed by atoms with Crippen molar-refractivity contribution in [3.63, 3.8) is 0 Å². The molecule has 1 amide bonds. The molecule has 0 aliphatic heterocycles. The molecular weight excluding hydrogens is 366 g/mol. The highest BCUT2D eigenvalue weighted by Crippen LogP contribution is 2.35. The number of para-hydroxylation sites is 1. The molecule has 1 atom stereocenters. The number of H-pyrrole nitrogens is 2. The van der Waals surface area contributed by atoms with Gasteiger partial charge in [0.2, 0.25) is 0 Å². The highest BCUT2D eigenvalue weighted by atomic mass is 16.5. The smallest absolute Gasteiger partial charge is 0.268 e. The van der Waals surface area contributed by atoms with Crippen molar-refractivity contribution in [2.75, 3.05) is 14.2 Å². The first-order chi connectivity index (χ1) is 14.2. The molecule has 0 bridgehead atoms. The van der Waals surface area contributed by atoms with Crippen LogP contribution in [0.5, 0.6) is 11.5 Å². The molecule has 148 valence electrons. The van der Waals surface area contributed by atoms with E-state index in [0.717, 1.165) is 41.4 Å². The maximum atomic E-state index is 13.0. The largest absolute Gasteiger partial charge is 0.493 e. The van der Waals surface area contributed by atoms with Gasteiger partial charge in [-0.05, 0) is 43.0 Å². The van der Waals surface area contributed by atoms with Gasteiger partial charge in [0.25, 0.3) is 5.91 Å². The van der Waals surface area contributed by atoms with Crippen molar-refractivity contribution in [2.45, 2.75) is 25.3 Å². The van der Waals surface area contributed by atoms with E-state index in [9.17, 15) is 4.79 Å². The van der Waals surface area contributed by atoms with Crippen LogP contribution in [0, 0.1) is 0 Å². The van der Waals surface area contributed by atoms with Crippen LogP contribution in [0.2, 0.25) is 0 Å². The number of carbonyl (C=O) groups excluding carboxylic acids is 1. The number of aromatic nitrogens is 2.